The number of halogens is 1. The molecule has 8 heteroatoms. The highest BCUT2D eigenvalue weighted by Gasteiger charge is 2.23. The minimum Gasteiger partial charge on any atom is -0.432 e. The van der Waals surface area contributed by atoms with E-state index >= 15 is 0 Å². The number of anilines is 1. The van der Waals surface area contributed by atoms with Gasteiger partial charge in [-0.25, -0.2) is 4.98 Å². The fourth-order valence-corrected chi connectivity index (χ4v) is 1.43. The number of benzene rings is 1. The van der Waals surface area contributed by atoms with Gasteiger partial charge in [-0.05, 0) is 12.1 Å². The molecule has 18 heavy (non-hydrogen) atoms. The lowest BCUT2D eigenvalue weighted by Gasteiger charge is -2.06. The van der Waals surface area contributed by atoms with Crippen LogP contribution >= 0.6 is 11.6 Å². The first-order valence-corrected chi connectivity index (χ1v) is 5.14. The highest BCUT2D eigenvalue weighted by Crippen LogP contribution is 2.34. The van der Waals surface area contributed by atoms with Crippen molar-refractivity contribution >= 4 is 23.1 Å². The molecule has 2 N–H and O–H groups in total. The molecular formula is C10H7ClN4O3. The van der Waals surface area contributed by atoms with Crippen molar-refractivity contribution < 1.29 is 9.66 Å². The molecule has 0 saturated carbocycles. The van der Waals surface area contributed by atoms with Gasteiger partial charge >= 0.3 is 11.6 Å². The summed E-state index contributed by atoms with van der Waals surface area (Å²) in [6.45, 7) is 0. The van der Waals surface area contributed by atoms with Gasteiger partial charge in [0.25, 0.3) is 0 Å². The lowest BCUT2D eigenvalue weighted by Crippen LogP contribution is -2.02. The standard InChI is InChI=1S/C10H7ClN4O3/c11-6-3-1-2-4-7(6)18-10-8(15(16)17)9(12)13-5-14-10/h1-5H,(H2,12,13,14). The summed E-state index contributed by atoms with van der Waals surface area (Å²) in [6.07, 6.45) is 1.08. The Morgan fingerprint density at radius 3 is 2.72 bits per heavy atom. The summed E-state index contributed by atoms with van der Waals surface area (Å²) in [7, 11) is 0. The van der Waals surface area contributed by atoms with E-state index in [2.05, 4.69) is 9.97 Å². The second-order valence-electron chi connectivity index (χ2n) is 3.20. The van der Waals surface area contributed by atoms with E-state index in [1.54, 1.807) is 24.3 Å². The predicted octanol–water partition coefficient (Wildman–Crippen LogP) is 2.41. The van der Waals surface area contributed by atoms with Gasteiger partial charge in [-0.1, -0.05) is 23.7 Å². The number of aromatic nitrogens is 2. The lowest BCUT2D eigenvalue weighted by molar-refractivity contribution is -0.385. The summed E-state index contributed by atoms with van der Waals surface area (Å²) in [4.78, 5) is 17.4. The fraction of sp³-hybridized carbons (Fsp3) is 0. The summed E-state index contributed by atoms with van der Waals surface area (Å²) < 4.78 is 5.28. The molecule has 0 saturated heterocycles. The zero-order chi connectivity index (χ0) is 13.1. The maximum atomic E-state index is 10.9. The number of nitrogen functional groups attached to an aromatic ring is 1. The van der Waals surface area contributed by atoms with E-state index in [1.165, 1.54) is 0 Å². The smallest absolute Gasteiger partial charge is 0.372 e. The first-order valence-electron chi connectivity index (χ1n) is 4.77. The zero-order valence-corrected chi connectivity index (χ0v) is 9.66. The molecular weight excluding hydrogens is 260 g/mol. The molecule has 0 unspecified atom stereocenters. The Hall–Kier alpha value is -2.41. The topological polar surface area (TPSA) is 104 Å². The van der Waals surface area contributed by atoms with Gasteiger partial charge in [0.15, 0.2) is 0 Å². The summed E-state index contributed by atoms with van der Waals surface area (Å²) in [5, 5.41) is 11.2. The van der Waals surface area contributed by atoms with E-state index < -0.39 is 10.6 Å². The number of rotatable bonds is 3. The van der Waals surface area contributed by atoms with Gasteiger partial charge in [0.2, 0.25) is 5.82 Å². The Morgan fingerprint density at radius 2 is 2.06 bits per heavy atom. The van der Waals surface area contributed by atoms with Crippen LogP contribution in [0.15, 0.2) is 30.6 Å². The molecule has 0 atom stereocenters. The highest BCUT2D eigenvalue weighted by molar-refractivity contribution is 6.32. The highest BCUT2D eigenvalue weighted by atomic mass is 35.5. The van der Waals surface area contributed by atoms with Crippen LogP contribution in [0.25, 0.3) is 0 Å². The molecule has 0 radical (unpaired) electrons. The maximum Gasteiger partial charge on any atom is 0.372 e. The minimum atomic E-state index is -0.707. The van der Waals surface area contributed by atoms with Crippen LogP contribution in [0.3, 0.4) is 0 Å². The molecule has 0 fully saturated rings. The Bertz CT molecular complexity index is 605. The first kappa shape index (κ1) is 12.1. The van der Waals surface area contributed by atoms with Gasteiger partial charge in [-0.3, -0.25) is 10.1 Å². The molecule has 0 aliphatic rings. The fourth-order valence-electron chi connectivity index (χ4n) is 1.25. The van der Waals surface area contributed by atoms with Crippen molar-refractivity contribution in [3.8, 4) is 11.6 Å². The predicted molar refractivity (Wildman–Crippen MR) is 64.6 cm³/mol. The summed E-state index contributed by atoms with van der Waals surface area (Å²) in [5.74, 6) is -0.266. The molecule has 0 spiro atoms. The SMILES string of the molecule is Nc1ncnc(Oc2ccccc2Cl)c1[N+](=O)[O-]. The normalized spacial score (nSPS) is 10.1. The lowest BCUT2D eigenvalue weighted by atomic mass is 10.3. The first-order chi connectivity index (χ1) is 8.59. The van der Waals surface area contributed by atoms with Crippen molar-refractivity contribution in [2.24, 2.45) is 0 Å². The summed E-state index contributed by atoms with van der Waals surface area (Å²) in [6, 6.07) is 6.53. The van der Waals surface area contributed by atoms with Crippen molar-refractivity contribution in [3.63, 3.8) is 0 Å². The molecule has 1 aromatic heterocycles. The Balaban J connectivity index is 2.44. The Morgan fingerprint density at radius 1 is 1.33 bits per heavy atom. The average molecular weight is 267 g/mol. The largest absolute Gasteiger partial charge is 0.432 e. The Kier molecular flexibility index (Phi) is 3.24. The van der Waals surface area contributed by atoms with Crippen LogP contribution in [0.2, 0.25) is 5.02 Å². The number of nitrogens with two attached hydrogens (primary N) is 1. The molecule has 0 amide bonds. The van der Waals surface area contributed by atoms with Crippen molar-refractivity contribution in [3.05, 3.63) is 45.7 Å². The number of ether oxygens (including phenoxy) is 1. The van der Waals surface area contributed by atoms with Crippen LogP contribution in [0.1, 0.15) is 0 Å². The number of nitro groups is 1. The van der Waals surface area contributed by atoms with Crippen molar-refractivity contribution in [2.45, 2.75) is 0 Å². The van der Waals surface area contributed by atoms with E-state index in [4.69, 9.17) is 22.1 Å². The number of hydrogen-bond donors (Lipinski definition) is 1. The van der Waals surface area contributed by atoms with Crippen LogP contribution in [0, 0.1) is 10.1 Å². The van der Waals surface area contributed by atoms with Crippen molar-refractivity contribution in [1.29, 1.82) is 0 Å². The quantitative estimate of drug-likeness (QED) is 0.676. The third-order valence-corrected chi connectivity index (χ3v) is 2.36. The number of nitrogens with zero attached hydrogens (tertiary/aromatic N) is 3. The molecule has 2 aromatic rings. The van der Waals surface area contributed by atoms with Crippen LogP contribution < -0.4 is 10.5 Å². The van der Waals surface area contributed by atoms with E-state index in [1.807, 2.05) is 0 Å². The van der Waals surface area contributed by atoms with E-state index in [-0.39, 0.29) is 17.4 Å². The second-order valence-corrected chi connectivity index (χ2v) is 3.61. The van der Waals surface area contributed by atoms with Gasteiger partial charge in [-0.2, -0.15) is 4.98 Å². The minimum absolute atomic E-state index is 0.249. The zero-order valence-electron chi connectivity index (χ0n) is 8.91. The van der Waals surface area contributed by atoms with Crippen LogP contribution in [-0.2, 0) is 0 Å². The molecule has 92 valence electrons. The number of para-hydroxylation sites is 1. The van der Waals surface area contributed by atoms with Crippen LogP contribution in [-0.4, -0.2) is 14.9 Å². The van der Waals surface area contributed by atoms with E-state index in [9.17, 15) is 10.1 Å². The molecule has 0 aliphatic carbocycles. The maximum absolute atomic E-state index is 10.9. The van der Waals surface area contributed by atoms with Crippen LogP contribution in [0.5, 0.6) is 11.6 Å². The molecule has 7 nitrogen and oxygen atoms in total. The molecule has 2 rings (SSSR count). The third kappa shape index (κ3) is 2.30. The summed E-state index contributed by atoms with van der Waals surface area (Å²) >= 11 is 5.88. The monoisotopic (exact) mass is 266 g/mol. The van der Waals surface area contributed by atoms with Gasteiger partial charge in [0.1, 0.15) is 12.1 Å². The second kappa shape index (κ2) is 4.84. The Labute approximate surface area is 106 Å². The van der Waals surface area contributed by atoms with Crippen molar-refractivity contribution in [2.75, 3.05) is 5.73 Å². The average Bonchev–Trinajstić information content (AvgIpc) is 2.31. The number of hydrogen-bond acceptors (Lipinski definition) is 6. The van der Waals surface area contributed by atoms with Gasteiger partial charge in [0.05, 0.1) is 9.95 Å². The molecule has 1 heterocycles. The third-order valence-electron chi connectivity index (χ3n) is 2.04. The molecule has 0 bridgehead atoms. The summed E-state index contributed by atoms with van der Waals surface area (Å²) in [5.41, 5.74) is 4.92. The molecule has 0 aliphatic heterocycles. The van der Waals surface area contributed by atoms with Gasteiger partial charge in [0, 0.05) is 0 Å². The van der Waals surface area contributed by atoms with E-state index in [0.29, 0.717) is 5.02 Å². The van der Waals surface area contributed by atoms with Gasteiger partial charge < -0.3 is 10.5 Å². The van der Waals surface area contributed by atoms with E-state index in [0.717, 1.165) is 6.33 Å². The van der Waals surface area contributed by atoms with Crippen LogP contribution in [0.4, 0.5) is 11.5 Å². The molecule has 1 aromatic carbocycles. The van der Waals surface area contributed by atoms with Crippen molar-refractivity contribution in [1.82, 2.24) is 9.97 Å². The van der Waals surface area contributed by atoms with Gasteiger partial charge in [-0.15, -0.1) is 0 Å².